The first-order valence-corrected chi connectivity index (χ1v) is 10.6. The summed E-state index contributed by atoms with van der Waals surface area (Å²) in [6, 6.07) is 12.0. The van der Waals surface area contributed by atoms with Gasteiger partial charge in [-0.05, 0) is 42.0 Å². The highest BCUT2D eigenvalue weighted by molar-refractivity contribution is 9.10. The van der Waals surface area contributed by atoms with Crippen LogP contribution in [-0.2, 0) is 21.4 Å². The molecule has 1 N–H and O–H groups in total. The average Bonchev–Trinajstić information content (AvgIpc) is 2.64. The lowest BCUT2D eigenvalue weighted by atomic mass is 10.2. The number of carbonyl (C=O) groups excluding carboxylic acids is 1. The summed E-state index contributed by atoms with van der Waals surface area (Å²) in [7, 11) is -0.535. The predicted molar refractivity (Wildman–Crippen MR) is 108 cm³/mol. The van der Waals surface area contributed by atoms with Gasteiger partial charge in [0.1, 0.15) is 6.54 Å². The minimum Gasteiger partial charge on any atom is -0.493 e. The zero-order chi connectivity index (χ0) is 20.0. The summed E-state index contributed by atoms with van der Waals surface area (Å²) < 4.78 is 36.5. The maximum atomic E-state index is 12.3. The number of hydrogen-bond donors (Lipinski definition) is 1. The van der Waals surface area contributed by atoms with Crippen LogP contribution in [0.3, 0.4) is 0 Å². The Hall–Kier alpha value is -2.26. The summed E-state index contributed by atoms with van der Waals surface area (Å²) in [5.74, 6) is 0.723. The molecule has 1 amide bonds. The number of ether oxygens (including phenoxy) is 2. The molecular formula is C18H21BrN2O5S. The van der Waals surface area contributed by atoms with Gasteiger partial charge in [0.05, 0.1) is 26.2 Å². The Balaban J connectivity index is 2.07. The van der Waals surface area contributed by atoms with E-state index in [1.807, 2.05) is 0 Å². The molecular weight excluding hydrogens is 436 g/mol. The molecule has 0 fully saturated rings. The van der Waals surface area contributed by atoms with Gasteiger partial charge in [-0.2, -0.15) is 0 Å². The van der Waals surface area contributed by atoms with Crippen molar-refractivity contribution >= 4 is 37.5 Å². The van der Waals surface area contributed by atoms with Crippen molar-refractivity contribution in [1.29, 1.82) is 0 Å². The number of sulfonamides is 1. The second kappa shape index (κ2) is 9.09. The van der Waals surface area contributed by atoms with Crippen molar-refractivity contribution in [1.82, 2.24) is 5.32 Å². The Bertz CT molecular complexity index is 900. The third-order valence-corrected chi connectivity index (χ3v) is 5.41. The van der Waals surface area contributed by atoms with E-state index in [1.165, 1.54) is 7.11 Å². The SMILES string of the molecule is COc1ccc(CNC(=O)CN(c2ccc(Br)cc2)S(C)(=O)=O)cc1OC. The first-order chi connectivity index (χ1) is 12.7. The number of carbonyl (C=O) groups is 1. The second-order valence-electron chi connectivity index (χ2n) is 5.71. The monoisotopic (exact) mass is 456 g/mol. The zero-order valence-corrected chi connectivity index (χ0v) is 17.6. The van der Waals surface area contributed by atoms with Crippen LogP contribution in [0, 0.1) is 0 Å². The number of benzene rings is 2. The van der Waals surface area contributed by atoms with Crippen molar-refractivity contribution in [2.24, 2.45) is 0 Å². The topological polar surface area (TPSA) is 84.9 Å². The number of nitrogens with one attached hydrogen (secondary N) is 1. The first-order valence-electron chi connectivity index (χ1n) is 7.95. The van der Waals surface area contributed by atoms with E-state index in [1.54, 1.807) is 49.6 Å². The van der Waals surface area contributed by atoms with Crippen LogP contribution in [0.4, 0.5) is 5.69 Å². The lowest BCUT2D eigenvalue weighted by Gasteiger charge is -2.22. The number of hydrogen-bond acceptors (Lipinski definition) is 5. The summed E-state index contributed by atoms with van der Waals surface area (Å²) in [4.78, 5) is 12.3. The number of rotatable bonds is 8. The molecule has 0 spiro atoms. The molecule has 2 aromatic carbocycles. The number of methoxy groups -OCH3 is 2. The molecule has 2 aromatic rings. The summed E-state index contributed by atoms with van der Waals surface area (Å²) >= 11 is 3.30. The molecule has 27 heavy (non-hydrogen) atoms. The molecule has 0 saturated heterocycles. The van der Waals surface area contributed by atoms with E-state index in [0.29, 0.717) is 17.2 Å². The largest absolute Gasteiger partial charge is 0.493 e. The van der Waals surface area contributed by atoms with Gasteiger partial charge in [-0.1, -0.05) is 22.0 Å². The highest BCUT2D eigenvalue weighted by Crippen LogP contribution is 2.27. The predicted octanol–water partition coefficient (Wildman–Crippen LogP) is 2.55. The number of amides is 1. The van der Waals surface area contributed by atoms with Crippen LogP contribution in [0.1, 0.15) is 5.56 Å². The molecule has 0 atom stereocenters. The van der Waals surface area contributed by atoms with Crippen molar-refractivity contribution in [3.8, 4) is 11.5 Å². The Labute approximate surface area is 167 Å². The van der Waals surface area contributed by atoms with E-state index in [2.05, 4.69) is 21.2 Å². The molecule has 7 nitrogen and oxygen atoms in total. The number of anilines is 1. The van der Waals surface area contributed by atoms with Gasteiger partial charge in [0.15, 0.2) is 11.5 Å². The van der Waals surface area contributed by atoms with E-state index < -0.39 is 15.9 Å². The van der Waals surface area contributed by atoms with E-state index >= 15 is 0 Å². The molecule has 0 heterocycles. The van der Waals surface area contributed by atoms with E-state index in [9.17, 15) is 13.2 Å². The number of nitrogens with zero attached hydrogens (tertiary/aromatic N) is 1. The minimum atomic E-state index is -3.61. The van der Waals surface area contributed by atoms with Crippen LogP contribution in [0.5, 0.6) is 11.5 Å². The Morgan fingerprint density at radius 1 is 1.07 bits per heavy atom. The standard InChI is InChI=1S/C18H21BrN2O5S/c1-25-16-9-4-13(10-17(16)26-2)11-20-18(22)12-21(27(3,23)24)15-7-5-14(19)6-8-15/h4-10H,11-12H2,1-3H3,(H,20,22). The van der Waals surface area contributed by atoms with Crippen LogP contribution in [0.25, 0.3) is 0 Å². The molecule has 0 aromatic heterocycles. The van der Waals surface area contributed by atoms with Gasteiger partial charge >= 0.3 is 0 Å². The highest BCUT2D eigenvalue weighted by atomic mass is 79.9. The molecule has 0 bridgehead atoms. The van der Waals surface area contributed by atoms with Gasteiger partial charge in [-0.15, -0.1) is 0 Å². The quantitative estimate of drug-likeness (QED) is 0.659. The Kier molecular flexibility index (Phi) is 7.09. The summed E-state index contributed by atoms with van der Waals surface area (Å²) in [5, 5.41) is 2.72. The van der Waals surface area contributed by atoms with Gasteiger partial charge in [-0.3, -0.25) is 9.10 Å². The molecule has 0 radical (unpaired) electrons. The Morgan fingerprint density at radius 3 is 2.26 bits per heavy atom. The summed E-state index contributed by atoms with van der Waals surface area (Å²) in [6.07, 6.45) is 1.07. The molecule has 146 valence electrons. The van der Waals surface area contributed by atoms with Crippen LogP contribution in [-0.4, -0.2) is 41.3 Å². The van der Waals surface area contributed by atoms with Crippen molar-refractivity contribution in [2.75, 3.05) is 31.3 Å². The molecule has 0 saturated carbocycles. The third kappa shape index (κ3) is 5.86. The lowest BCUT2D eigenvalue weighted by molar-refractivity contribution is -0.119. The van der Waals surface area contributed by atoms with Gasteiger partial charge in [0.2, 0.25) is 15.9 Å². The van der Waals surface area contributed by atoms with Gasteiger partial charge in [-0.25, -0.2) is 8.42 Å². The first kappa shape index (κ1) is 21.0. The maximum Gasteiger partial charge on any atom is 0.241 e. The molecule has 0 aliphatic carbocycles. The minimum absolute atomic E-state index is 0.233. The van der Waals surface area contributed by atoms with E-state index in [4.69, 9.17) is 9.47 Å². The number of halogens is 1. The fourth-order valence-corrected chi connectivity index (χ4v) is 3.51. The molecule has 2 rings (SSSR count). The van der Waals surface area contributed by atoms with E-state index in [0.717, 1.165) is 20.6 Å². The zero-order valence-electron chi connectivity index (χ0n) is 15.2. The molecule has 9 heteroatoms. The van der Waals surface area contributed by atoms with Crippen LogP contribution in [0.2, 0.25) is 0 Å². The highest BCUT2D eigenvalue weighted by Gasteiger charge is 2.20. The second-order valence-corrected chi connectivity index (χ2v) is 8.53. The van der Waals surface area contributed by atoms with Gasteiger partial charge in [0.25, 0.3) is 0 Å². The van der Waals surface area contributed by atoms with Crippen molar-refractivity contribution in [3.63, 3.8) is 0 Å². The lowest BCUT2D eigenvalue weighted by Crippen LogP contribution is -2.40. The van der Waals surface area contributed by atoms with Crippen LogP contribution in [0.15, 0.2) is 46.9 Å². The van der Waals surface area contributed by atoms with Crippen molar-refractivity contribution < 1.29 is 22.7 Å². The average molecular weight is 457 g/mol. The fraction of sp³-hybridized carbons (Fsp3) is 0.278. The van der Waals surface area contributed by atoms with Crippen molar-refractivity contribution in [3.05, 3.63) is 52.5 Å². The molecule has 0 aliphatic rings. The van der Waals surface area contributed by atoms with Crippen LogP contribution < -0.4 is 19.1 Å². The molecule has 0 aliphatic heterocycles. The van der Waals surface area contributed by atoms with Gasteiger partial charge < -0.3 is 14.8 Å². The smallest absolute Gasteiger partial charge is 0.241 e. The van der Waals surface area contributed by atoms with Crippen LogP contribution >= 0.6 is 15.9 Å². The maximum absolute atomic E-state index is 12.3. The normalized spacial score (nSPS) is 11.0. The van der Waals surface area contributed by atoms with E-state index in [-0.39, 0.29) is 13.1 Å². The summed E-state index contributed by atoms with van der Waals surface area (Å²) in [5.41, 5.74) is 1.22. The summed E-state index contributed by atoms with van der Waals surface area (Å²) in [6.45, 7) is -0.0785. The Morgan fingerprint density at radius 2 is 1.70 bits per heavy atom. The molecule has 0 unspecified atom stereocenters. The van der Waals surface area contributed by atoms with Gasteiger partial charge in [0, 0.05) is 11.0 Å². The van der Waals surface area contributed by atoms with Crippen molar-refractivity contribution in [2.45, 2.75) is 6.54 Å². The third-order valence-electron chi connectivity index (χ3n) is 3.74. The fourth-order valence-electron chi connectivity index (χ4n) is 2.38.